The molecule has 0 saturated heterocycles. The molecule has 1 aliphatic rings. The Labute approximate surface area is 87.6 Å². The van der Waals surface area contributed by atoms with Crippen molar-refractivity contribution >= 4 is 17.5 Å². The summed E-state index contributed by atoms with van der Waals surface area (Å²) in [5, 5.41) is 0. The lowest BCUT2D eigenvalue weighted by Gasteiger charge is -2.12. The second-order valence-corrected chi connectivity index (χ2v) is 3.24. The Bertz CT molecular complexity index is 399. The zero-order chi connectivity index (χ0) is 11.6. The SMILES string of the molecule is CCOC(=O)C1=C(C)C(=O)C(C)=CC1=O. The fourth-order valence-corrected chi connectivity index (χ4v) is 1.39. The zero-order valence-corrected chi connectivity index (χ0v) is 8.92. The third-order valence-corrected chi connectivity index (χ3v) is 2.15. The van der Waals surface area contributed by atoms with Crippen molar-refractivity contribution in [2.24, 2.45) is 0 Å². The largest absolute Gasteiger partial charge is 0.462 e. The van der Waals surface area contributed by atoms with E-state index in [1.807, 2.05) is 0 Å². The van der Waals surface area contributed by atoms with E-state index in [0.717, 1.165) is 0 Å². The molecule has 0 aromatic rings. The molecule has 0 bridgehead atoms. The number of ether oxygens (including phenoxy) is 1. The third-order valence-electron chi connectivity index (χ3n) is 2.15. The van der Waals surface area contributed by atoms with Crippen LogP contribution in [-0.4, -0.2) is 24.1 Å². The van der Waals surface area contributed by atoms with E-state index in [9.17, 15) is 14.4 Å². The van der Waals surface area contributed by atoms with E-state index in [-0.39, 0.29) is 23.5 Å². The number of rotatable bonds is 2. The van der Waals surface area contributed by atoms with Crippen molar-refractivity contribution < 1.29 is 19.1 Å². The van der Waals surface area contributed by atoms with Gasteiger partial charge in [-0.15, -0.1) is 0 Å². The first-order chi connectivity index (χ1) is 6.99. The normalized spacial score (nSPS) is 16.6. The molecule has 4 nitrogen and oxygen atoms in total. The van der Waals surface area contributed by atoms with Gasteiger partial charge in [-0.1, -0.05) is 0 Å². The van der Waals surface area contributed by atoms with Crippen LogP contribution in [0.15, 0.2) is 22.8 Å². The number of Topliss-reactive ketones (excluding diaryl/α,β-unsaturated/α-hetero) is 1. The Hall–Kier alpha value is -1.71. The van der Waals surface area contributed by atoms with E-state index >= 15 is 0 Å². The van der Waals surface area contributed by atoms with Gasteiger partial charge in [0.25, 0.3) is 0 Å². The number of hydrogen-bond acceptors (Lipinski definition) is 4. The van der Waals surface area contributed by atoms with Crippen molar-refractivity contribution in [2.75, 3.05) is 6.61 Å². The van der Waals surface area contributed by atoms with Gasteiger partial charge in [-0.3, -0.25) is 9.59 Å². The van der Waals surface area contributed by atoms with E-state index in [2.05, 4.69) is 0 Å². The molecule has 0 aromatic heterocycles. The van der Waals surface area contributed by atoms with Crippen LogP contribution in [0.25, 0.3) is 0 Å². The molecular weight excluding hydrogens is 196 g/mol. The molecule has 0 spiro atoms. The summed E-state index contributed by atoms with van der Waals surface area (Å²) >= 11 is 0. The summed E-state index contributed by atoms with van der Waals surface area (Å²) in [5.74, 6) is -1.46. The Morgan fingerprint density at radius 2 is 1.93 bits per heavy atom. The molecular formula is C11H12O4. The first-order valence-corrected chi connectivity index (χ1v) is 4.64. The molecule has 0 saturated carbocycles. The van der Waals surface area contributed by atoms with E-state index in [1.165, 1.54) is 13.0 Å². The lowest BCUT2D eigenvalue weighted by atomic mass is 9.91. The number of hydrogen-bond donors (Lipinski definition) is 0. The monoisotopic (exact) mass is 208 g/mol. The number of carbonyl (C=O) groups is 3. The first-order valence-electron chi connectivity index (χ1n) is 4.64. The molecule has 0 atom stereocenters. The van der Waals surface area contributed by atoms with E-state index in [4.69, 9.17) is 4.74 Å². The quantitative estimate of drug-likeness (QED) is 0.385. The second-order valence-electron chi connectivity index (χ2n) is 3.24. The minimum Gasteiger partial charge on any atom is -0.462 e. The molecule has 4 heteroatoms. The topological polar surface area (TPSA) is 60.4 Å². The average molecular weight is 208 g/mol. The number of carbonyl (C=O) groups excluding carboxylic acids is 3. The predicted octanol–water partition coefficient (Wildman–Crippen LogP) is 0.964. The summed E-state index contributed by atoms with van der Waals surface area (Å²) in [6, 6.07) is 0. The van der Waals surface area contributed by atoms with Crippen LogP contribution in [0, 0.1) is 0 Å². The third kappa shape index (κ3) is 2.03. The average Bonchev–Trinajstić information content (AvgIpc) is 2.15. The van der Waals surface area contributed by atoms with Gasteiger partial charge < -0.3 is 4.74 Å². The standard InChI is InChI=1S/C11H12O4/c1-4-15-11(14)9-7(3)10(13)6(2)5-8(9)12/h5H,4H2,1-3H3. The molecule has 0 fully saturated rings. The van der Waals surface area contributed by atoms with Gasteiger partial charge >= 0.3 is 5.97 Å². The van der Waals surface area contributed by atoms with Gasteiger partial charge in [-0.05, 0) is 26.8 Å². The summed E-state index contributed by atoms with van der Waals surface area (Å²) in [6.07, 6.45) is 1.17. The molecule has 0 aromatic carbocycles. The van der Waals surface area contributed by atoms with Crippen LogP contribution in [0.1, 0.15) is 20.8 Å². The Morgan fingerprint density at radius 3 is 2.47 bits per heavy atom. The summed E-state index contributed by atoms with van der Waals surface area (Å²) in [4.78, 5) is 34.4. The Balaban J connectivity index is 3.12. The van der Waals surface area contributed by atoms with Gasteiger partial charge in [0, 0.05) is 11.1 Å². The van der Waals surface area contributed by atoms with Crippen LogP contribution in [0.4, 0.5) is 0 Å². The number of esters is 1. The van der Waals surface area contributed by atoms with Crippen LogP contribution in [0.3, 0.4) is 0 Å². The lowest BCUT2D eigenvalue weighted by molar-refractivity contribution is -0.140. The Morgan fingerprint density at radius 1 is 1.33 bits per heavy atom. The molecule has 80 valence electrons. The minimum atomic E-state index is -0.725. The van der Waals surface area contributed by atoms with Crippen molar-refractivity contribution in [3.05, 3.63) is 22.8 Å². The molecule has 0 amide bonds. The number of allylic oxidation sites excluding steroid dienone is 3. The van der Waals surface area contributed by atoms with Crippen LogP contribution < -0.4 is 0 Å². The molecule has 1 rings (SSSR count). The van der Waals surface area contributed by atoms with E-state index in [1.54, 1.807) is 13.8 Å². The maximum atomic E-state index is 11.5. The Kier molecular flexibility index (Phi) is 3.19. The van der Waals surface area contributed by atoms with Gasteiger partial charge in [0.1, 0.15) is 5.57 Å². The van der Waals surface area contributed by atoms with Crippen LogP contribution in [-0.2, 0) is 19.1 Å². The highest BCUT2D eigenvalue weighted by Gasteiger charge is 2.28. The maximum absolute atomic E-state index is 11.5. The van der Waals surface area contributed by atoms with Crippen LogP contribution in [0.5, 0.6) is 0 Å². The summed E-state index contributed by atoms with van der Waals surface area (Å²) < 4.78 is 4.71. The van der Waals surface area contributed by atoms with Gasteiger partial charge in [0.05, 0.1) is 6.61 Å². The highest BCUT2D eigenvalue weighted by atomic mass is 16.5. The minimum absolute atomic E-state index is 0.146. The maximum Gasteiger partial charge on any atom is 0.342 e. The number of ketones is 2. The fourth-order valence-electron chi connectivity index (χ4n) is 1.39. The summed E-state index contributed by atoms with van der Waals surface area (Å²) in [5.41, 5.74) is 0.372. The summed E-state index contributed by atoms with van der Waals surface area (Å²) in [6.45, 7) is 4.83. The molecule has 15 heavy (non-hydrogen) atoms. The van der Waals surface area contributed by atoms with Gasteiger partial charge in [0.2, 0.25) is 0 Å². The van der Waals surface area contributed by atoms with Crippen molar-refractivity contribution in [1.29, 1.82) is 0 Å². The predicted molar refractivity (Wildman–Crippen MR) is 53.1 cm³/mol. The van der Waals surface area contributed by atoms with E-state index in [0.29, 0.717) is 5.57 Å². The summed E-state index contributed by atoms with van der Waals surface area (Å²) in [7, 11) is 0. The second kappa shape index (κ2) is 4.21. The molecule has 0 radical (unpaired) electrons. The molecule has 1 aliphatic carbocycles. The van der Waals surface area contributed by atoms with Gasteiger partial charge in [-0.2, -0.15) is 0 Å². The van der Waals surface area contributed by atoms with Crippen molar-refractivity contribution in [2.45, 2.75) is 20.8 Å². The van der Waals surface area contributed by atoms with Gasteiger partial charge in [0.15, 0.2) is 11.6 Å². The fraction of sp³-hybridized carbons (Fsp3) is 0.364. The van der Waals surface area contributed by atoms with E-state index < -0.39 is 11.8 Å². The first kappa shape index (κ1) is 11.4. The highest BCUT2D eigenvalue weighted by Crippen LogP contribution is 2.19. The molecule has 0 heterocycles. The smallest absolute Gasteiger partial charge is 0.342 e. The van der Waals surface area contributed by atoms with Gasteiger partial charge in [-0.25, -0.2) is 4.79 Å². The molecule has 0 unspecified atom stereocenters. The van der Waals surface area contributed by atoms with Crippen molar-refractivity contribution in [3.63, 3.8) is 0 Å². The molecule has 0 aliphatic heterocycles. The van der Waals surface area contributed by atoms with Crippen LogP contribution >= 0.6 is 0 Å². The van der Waals surface area contributed by atoms with Crippen molar-refractivity contribution in [3.8, 4) is 0 Å². The van der Waals surface area contributed by atoms with Crippen LogP contribution in [0.2, 0.25) is 0 Å². The molecule has 0 N–H and O–H groups in total. The lowest BCUT2D eigenvalue weighted by Crippen LogP contribution is -2.23. The zero-order valence-electron chi connectivity index (χ0n) is 8.92. The highest BCUT2D eigenvalue weighted by molar-refractivity contribution is 6.31. The van der Waals surface area contributed by atoms with Crippen molar-refractivity contribution in [1.82, 2.24) is 0 Å².